The molecule has 2 heteroatoms. The van der Waals surface area contributed by atoms with Crippen LogP contribution in [0.3, 0.4) is 0 Å². The average molecular weight is 200 g/mol. The van der Waals surface area contributed by atoms with Gasteiger partial charge < -0.3 is 0 Å². The van der Waals surface area contributed by atoms with E-state index in [0.29, 0.717) is 0 Å². The molecule has 68 valence electrons. The van der Waals surface area contributed by atoms with Gasteiger partial charge in [0.2, 0.25) is 0 Å². The quantitative estimate of drug-likeness (QED) is 0.620. The molecule has 0 fully saturated rings. The second-order valence-corrected chi connectivity index (χ2v) is 3.74. The zero-order chi connectivity index (χ0) is 9.97. The maximum Gasteiger partial charge on any atom is 0.141 e. The summed E-state index contributed by atoms with van der Waals surface area (Å²) >= 11 is 5.97. The SMILES string of the molecule is Bc1cc(-c2ccccc2)ccc1Cl. The second kappa shape index (κ2) is 3.89. The van der Waals surface area contributed by atoms with E-state index >= 15 is 0 Å². The predicted octanol–water partition coefficient (Wildman–Crippen LogP) is 2.27. The normalized spacial score (nSPS) is 10.1. The molecule has 0 radical (unpaired) electrons. The van der Waals surface area contributed by atoms with E-state index in [4.69, 9.17) is 11.6 Å². The molecule has 0 atom stereocenters. The lowest BCUT2D eigenvalue weighted by atomic mass is 9.92. The molecule has 0 spiro atoms. The minimum Gasteiger partial charge on any atom is -0.0850 e. The van der Waals surface area contributed by atoms with Gasteiger partial charge in [0, 0.05) is 5.02 Å². The van der Waals surface area contributed by atoms with E-state index in [1.807, 2.05) is 38.2 Å². The van der Waals surface area contributed by atoms with Crippen LogP contribution in [-0.2, 0) is 0 Å². The fourth-order valence-corrected chi connectivity index (χ4v) is 1.57. The van der Waals surface area contributed by atoms with Crippen molar-refractivity contribution < 1.29 is 0 Å². The van der Waals surface area contributed by atoms with Gasteiger partial charge in [0.25, 0.3) is 0 Å². The molecule has 0 unspecified atom stereocenters. The van der Waals surface area contributed by atoms with Crippen molar-refractivity contribution in [2.24, 2.45) is 0 Å². The van der Waals surface area contributed by atoms with E-state index in [2.05, 4.69) is 18.2 Å². The monoisotopic (exact) mass is 200 g/mol. The lowest BCUT2D eigenvalue weighted by Crippen LogP contribution is -2.03. The molecule has 0 N–H and O–H groups in total. The molecule has 0 saturated carbocycles. The Hall–Kier alpha value is -1.21. The van der Waals surface area contributed by atoms with Crippen molar-refractivity contribution in [3.8, 4) is 11.1 Å². The van der Waals surface area contributed by atoms with Gasteiger partial charge in [-0.1, -0.05) is 59.5 Å². The highest BCUT2D eigenvalue weighted by molar-refractivity contribution is 6.45. The molecule has 0 amide bonds. The second-order valence-electron chi connectivity index (χ2n) is 3.33. The van der Waals surface area contributed by atoms with Crippen molar-refractivity contribution in [1.29, 1.82) is 0 Å². The Morgan fingerprint density at radius 2 is 1.57 bits per heavy atom. The van der Waals surface area contributed by atoms with Crippen LogP contribution in [0.5, 0.6) is 0 Å². The number of hydrogen-bond acceptors (Lipinski definition) is 0. The first-order valence-electron chi connectivity index (χ1n) is 4.59. The molecule has 0 heterocycles. The Kier molecular flexibility index (Phi) is 2.60. The van der Waals surface area contributed by atoms with E-state index < -0.39 is 0 Å². The minimum atomic E-state index is 0.824. The smallest absolute Gasteiger partial charge is 0.0850 e. The number of rotatable bonds is 1. The molecule has 0 nitrogen and oxygen atoms in total. The summed E-state index contributed by atoms with van der Waals surface area (Å²) in [5.41, 5.74) is 3.56. The Bertz CT molecular complexity index is 437. The maximum absolute atomic E-state index is 5.97. The van der Waals surface area contributed by atoms with E-state index in [1.165, 1.54) is 11.1 Å². The van der Waals surface area contributed by atoms with Gasteiger partial charge in [-0.3, -0.25) is 0 Å². The van der Waals surface area contributed by atoms with Gasteiger partial charge in [-0.2, -0.15) is 0 Å². The van der Waals surface area contributed by atoms with Crippen molar-refractivity contribution >= 4 is 24.9 Å². The largest absolute Gasteiger partial charge is 0.141 e. The fraction of sp³-hybridized carbons (Fsp3) is 0. The summed E-state index contributed by atoms with van der Waals surface area (Å²) in [6.45, 7) is 0. The lowest BCUT2D eigenvalue weighted by Gasteiger charge is -2.03. The van der Waals surface area contributed by atoms with Crippen LogP contribution in [0.15, 0.2) is 48.5 Å². The predicted molar refractivity (Wildman–Crippen MR) is 65.1 cm³/mol. The van der Waals surface area contributed by atoms with Crippen LogP contribution >= 0.6 is 11.6 Å². The van der Waals surface area contributed by atoms with Crippen molar-refractivity contribution in [2.75, 3.05) is 0 Å². The molecule has 0 bridgehead atoms. The molecular formula is C12H10BCl. The van der Waals surface area contributed by atoms with Crippen molar-refractivity contribution in [1.82, 2.24) is 0 Å². The molecule has 0 aromatic heterocycles. The summed E-state index contributed by atoms with van der Waals surface area (Å²) in [6, 6.07) is 16.4. The minimum absolute atomic E-state index is 0.824. The van der Waals surface area contributed by atoms with Crippen LogP contribution in [0.2, 0.25) is 5.02 Å². The van der Waals surface area contributed by atoms with Crippen LogP contribution in [-0.4, -0.2) is 7.85 Å². The Balaban J connectivity index is 2.48. The van der Waals surface area contributed by atoms with Crippen LogP contribution in [0.4, 0.5) is 0 Å². The molecule has 14 heavy (non-hydrogen) atoms. The highest BCUT2D eigenvalue weighted by atomic mass is 35.5. The fourth-order valence-electron chi connectivity index (χ4n) is 1.45. The van der Waals surface area contributed by atoms with Gasteiger partial charge in [0.05, 0.1) is 0 Å². The van der Waals surface area contributed by atoms with E-state index in [0.717, 1.165) is 10.5 Å². The van der Waals surface area contributed by atoms with Crippen LogP contribution < -0.4 is 5.46 Å². The van der Waals surface area contributed by atoms with Crippen molar-refractivity contribution in [3.05, 3.63) is 53.6 Å². The lowest BCUT2D eigenvalue weighted by molar-refractivity contribution is 1.64. The third kappa shape index (κ3) is 1.83. The zero-order valence-electron chi connectivity index (χ0n) is 8.00. The average Bonchev–Trinajstić information content (AvgIpc) is 2.23. The highest BCUT2D eigenvalue weighted by Gasteiger charge is 1.98. The zero-order valence-corrected chi connectivity index (χ0v) is 8.75. The van der Waals surface area contributed by atoms with Gasteiger partial charge in [-0.25, -0.2) is 0 Å². The molecule has 0 aliphatic carbocycles. The van der Waals surface area contributed by atoms with Gasteiger partial charge in [-0.15, -0.1) is 0 Å². The molecule has 0 aliphatic rings. The van der Waals surface area contributed by atoms with Crippen LogP contribution in [0.25, 0.3) is 11.1 Å². The van der Waals surface area contributed by atoms with Crippen LogP contribution in [0.1, 0.15) is 0 Å². The standard InChI is InChI=1S/C12H10BCl/c13-11-8-10(6-7-12(11)14)9-4-2-1-3-5-9/h1-8H,13H2. The maximum atomic E-state index is 5.97. The summed E-state index contributed by atoms with van der Waals surface area (Å²) in [7, 11) is 2.02. The summed E-state index contributed by atoms with van der Waals surface area (Å²) in [5, 5.41) is 0.824. The van der Waals surface area contributed by atoms with E-state index in [1.54, 1.807) is 0 Å². The summed E-state index contributed by atoms with van der Waals surface area (Å²) in [6.07, 6.45) is 0. The topological polar surface area (TPSA) is 0 Å². The van der Waals surface area contributed by atoms with E-state index in [-0.39, 0.29) is 0 Å². The molecule has 0 saturated heterocycles. The number of benzene rings is 2. The van der Waals surface area contributed by atoms with Crippen LogP contribution in [0, 0.1) is 0 Å². The first kappa shape index (κ1) is 9.35. The van der Waals surface area contributed by atoms with Gasteiger partial charge in [0.1, 0.15) is 7.85 Å². The number of hydrogen-bond donors (Lipinski definition) is 0. The number of halogens is 1. The van der Waals surface area contributed by atoms with Crippen molar-refractivity contribution in [2.45, 2.75) is 0 Å². The van der Waals surface area contributed by atoms with E-state index in [9.17, 15) is 0 Å². The summed E-state index contributed by atoms with van der Waals surface area (Å²) < 4.78 is 0. The Labute approximate surface area is 89.9 Å². The van der Waals surface area contributed by atoms with Gasteiger partial charge in [-0.05, 0) is 17.2 Å². The highest BCUT2D eigenvalue weighted by Crippen LogP contribution is 2.19. The summed E-state index contributed by atoms with van der Waals surface area (Å²) in [5.74, 6) is 0. The Morgan fingerprint density at radius 3 is 2.21 bits per heavy atom. The first-order chi connectivity index (χ1) is 6.77. The third-order valence-corrected chi connectivity index (χ3v) is 2.69. The van der Waals surface area contributed by atoms with Gasteiger partial charge in [0.15, 0.2) is 0 Å². The van der Waals surface area contributed by atoms with Gasteiger partial charge >= 0.3 is 0 Å². The Morgan fingerprint density at radius 1 is 0.857 bits per heavy atom. The molecule has 0 aliphatic heterocycles. The molecular weight excluding hydrogens is 190 g/mol. The van der Waals surface area contributed by atoms with Crippen molar-refractivity contribution in [3.63, 3.8) is 0 Å². The molecule has 2 aromatic rings. The molecule has 2 rings (SSSR count). The first-order valence-corrected chi connectivity index (χ1v) is 4.97. The molecule has 2 aromatic carbocycles. The third-order valence-electron chi connectivity index (χ3n) is 2.27. The summed E-state index contributed by atoms with van der Waals surface area (Å²) in [4.78, 5) is 0.